The topological polar surface area (TPSA) is 114 Å². The number of carbonyl (C=O) groups is 2. The van der Waals surface area contributed by atoms with Gasteiger partial charge in [0.05, 0.1) is 6.61 Å². The second kappa shape index (κ2) is 15.3. The second-order valence-electron chi connectivity index (χ2n) is 8.11. The maximum Gasteiger partial charge on any atom is 0.412 e. The van der Waals surface area contributed by atoms with E-state index in [-0.39, 0.29) is 13.2 Å². The molecule has 9 heteroatoms. The number of thioether (sulfide) groups is 1. The molecule has 0 aliphatic rings. The SMILES string of the molecule is CSc1ccc(NC(=O)O[C@H](c2ccc(OCCO)cc2)[C@@H](CC/C=C/C(=O)O)Oc2ccccc2)cc1. The Kier molecular flexibility index (Phi) is 11.5. The number of carbonyl (C=O) groups excluding carboxylic acids is 1. The van der Waals surface area contributed by atoms with Crippen molar-refractivity contribution in [2.75, 3.05) is 24.8 Å². The summed E-state index contributed by atoms with van der Waals surface area (Å²) < 4.78 is 17.6. The average molecular weight is 538 g/mol. The molecule has 3 aromatic carbocycles. The fourth-order valence-corrected chi connectivity index (χ4v) is 4.01. The Labute approximate surface area is 226 Å². The Morgan fingerprint density at radius 2 is 1.68 bits per heavy atom. The van der Waals surface area contributed by atoms with E-state index < -0.39 is 24.3 Å². The fourth-order valence-electron chi connectivity index (χ4n) is 3.60. The largest absolute Gasteiger partial charge is 0.491 e. The van der Waals surface area contributed by atoms with Gasteiger partial charge in [0, 0.05) is 16.7 Å². The number of hydrogen-bond acceptors (Lipinski definition) is 7. The van der Waals surface area contributed by atoms with Gasteiger partial charge in [-0.15, -0.1) is 11.8 Å². The van der Waals surface area contributed by atoms with Crippen LogP contribution in [0.15, 0.2) is 95.9 Å². The molecule has 0 saturated heterocycles. The zero-order valence-electron chi connectivity index (χ0n) is 21.0. The quantitative estimate of drug-likeness (QED) is 0.171. The molecule has 0 radical (unpaired) electrons. The molecule has 0 aromatic heterocycles. The Bertz CT molecular complexity index is 1170. The molecule has 38 heavy (non-hydrogen) atoms. The lowest BCUT2D eigenvalue weighted by Crippen LogP contribution is -2.31. The van der Waals surface area contributed by atoms with Gasteiger partial charge in [0.25, 0.3) is 0 Å². The molecule has 8 nitrogen and oxygen atoms in total. The number of carboxylic acid groups (broad SMARTS) is 1. The van der Waals surface area contributed by atoms with Crippen molar-refractivity contribution >= 4 is 29.5 Å². The number of carboxylic acids is 1. The third-order valence-electron chi connectivity index (χ3n) is 5.39. The Morgan fingerprint density at radius 1 is 0.974 bits per heavy atom. The summed E-state index contributed by atoms with van der Waals surface area (Å²) in [4.78, 5) is 25.0. The molecule has 0 bridgehead atoms. The highest BCUT2D eigenvalue weighted by Crippen LogP contribution is 2.30. The number of para-hydroxylation sites is 1. The van der Waals surface area contributed by atoms with Crippen molar-refractivity contribution in [1.29, 1.82) is 0 Å². The van der Waals surface area contributed by atoms with Gasteiger partial charge < -0.3 is 24.4 Å². The van der Waals surface area contributed by atoms with Crippen molar-refractivity contribution in [3.05, 3.63) is 96.6 Å². The summed E-state index contributed by atoms with van der Waals surface area (Å²) in [7, 11) is 0. The van der Waals surface area contributed by atoms with Gasteiger partial charge in [-0.2, -0.15) is 0 Å². The van der Waals surface area contributed by atoms with E-state index >= 15 is 0 Å². The fraction of sp³-hybridized carbons (Fsp3) is 0.241. The van der Waals surface area contributed by atoms with Crippen LogP contribution in [0.3, 0.4) is 0 Å². The first-order valence-corrected chi connectivity index (χ1v) is 13.3. The molecule has 2 atom stereocenters. The molecule has 200 valence electrons. The minimum absolute atomic E-state index is 0.109. The summed E-state index contributed by atoms with van der Waals surface area (Å²) in [5.74, 6) is 0.109. The number of aliphatic hydroxyl groups is 1. The number of rotatable bonds is 14. The third kappa shape index (κ3) is 9.49. The summed E-state index contributed by atoms with van der Waals surface area (Å²) in [6, 6.07) is 23.5. The highest BCUT2D eigenvalue weighted by Gasteiger charge is 2.29. The van der Waals surface area contributed by atoms with Gasteiger partial charge in [-0.25, -0.2) is 9.59 Å². The van der Waals surface area contributed by atoms with E-state index in [4.69, 9.17) is 24.4 Å². The minimum atomic E-state index is -1.04. The molecule has 0 aliphatic carbocycles. The van der Waals surface area contributed by atoms with Crippen molar-refractivity contribution < 1.29 is 34.0 Å². The molecular formula is C29H31NO7S. The third-order valence-corrected chi connectivity index (χ3v) is 6.13. The lowest BCUT2D eigenvalue weighted by atomic mass is 10.00. The lowest BCUT2D eigenvalue weighted by molar-refractivity contribution is -0.131. The highest BCUT2D eigenvalue weighted by molar-refractivity contribution is 7.98. The molecule has 3 aromatic rings. The summed E-state index contributed by atoms with van der Waals surface area (Å²) in [5.41, 5.74) is 1.25. The van der Waals surface area contributed by atoms with Crippen LogP contribution in [-0.2, 0) is 9.53 Å². The zero-order chi connectivity index (χ0) is 27.2. The number of aliphatic hydroxyl groups excluding tert-OH is 1. The van der Waals surface area contributed by atoms with E-state index in [1.807, 2.05) is 36.6 Å². The number of aliphatic carboxylic acids is 1. The first kappa shape index (κ1) is 28.6. The minimum Gasteiger partial charge on any atom is -0.491 e. The van der Waals surface area contributed by atoms with Crippen molar-refractivity contribution in [2.45, 2.75) is 29.9 Å². The van der Waals surface area contributed by atoms with Gasteiger partial charge in [-0.3, -0.25) is 5.32 Å². The van der Waals surface area contributed by atoms with Crippen LogP contribution in [0.5, 0.6) is 11.5 Å². The van der Waals surface area contributed by atoms with Crippen molar-refractivity contribution in [3.8, 4) is 11.5 Å². The molecular weight excluding hydrogens is 506 g/mol. The Balaban J connectivity index is 1.87. The number of hydrogen-bond donors (Lipinski definition) is 3. The standard InChI is InChI=1S/C29H31NO7S/c1-38-25-17-13-22(14-18-25)30-29(34)37-28(21-11-15-23(16-12-21)35-20-19-31)26(9-5-6-10-27(32)33)36-24-7-3-2-4-8-24/h2-4,6-8,10-18,26,28,31H,5,9,19-20H2,1H3,(H,30,34)(H,32,33)/b10-6+/t26-,28-/m1/s1. The molecule has 0 saturated carbocycles. The zero-order valence-corrected chi connectivity index (χ0v) is 21.8. The van der Waals surface area contributed by atoms with Crippen LogP contribution in [0, 0.1) is 0 Å². The Hall–Kier alpha value is -3.95. The number of benzene rings is 3. The van der Waals surface area contributed by atoms with E-state index in [0.29, 0.717) is 35.6 Å². The van der Waals surface area contributed by atoms with Crippen LogP contribution in [0.1, 0.15) is 24.5 Å². The van der Waals surface area contributed by atoms with Gasteiger partial charge in [0.1, 0.15) is 24.2 Å². The van der Waals surface area contributed by atoms with Crippen LogP contribution in [-0.4, -0.2) is 47.8 Å². The number of nitrogens with one attached hydrogen (secondary N) is 1. The van der Waals surface area contributed by atoms with E-state index in [1.54, 1.807) is 66.4 Å². The van der Waals surface area contributed by atoms with Crippen LogP contribution in [0.25, 0.3) is 0 Å². The summed E-state index contributed by atoms with van der Waals surface area (Å²) in [5, 5.41) is 20.7. The predicted octanol–water partition coefficient (Wildman–Crippen LogP) is 5.94. The molecule has 3 N–H and O–H groups in total. The van der Waals surface area contributed by atoms with Crippen molar-refractivity contribution in [2.24, 2.45) is 0 Å². The van der Waals surface area contributed by atoms with E-state index in [2.05, 4.69) is 5.32 Å². The Morgan fingerprint density at radius 3 is 2.32 bits per heavy atom. The summed E-state index contributed by atoms with van der Waals surface area (Å²) in [6.07, 6.45) is 3.24. The van der Waals surface area contributed by atoms with Crippen molar-refractivity contribution in [3.63, 3.8) is 0 Å². The highest BCUT2D eigenvalue weighted by atomic mass is 32.2. The van der Waals surface area contributed by atoms with Crippen LogP contribution < -0.4 is 14.8 Å². The molecule has 3 rings (SSSR count). The van der Waals surface area contributed by atoms with E-state index in [1.165, 1.54) is 0 Å². The van der Waals surface area contributed by atoms with Crippen LogP contribution in [0.4, 0.5) is 10.5 Å². The second-order valence-corrected chi connectivity index (χ2v) is 8.99. The number of allylic oxidation sites excluding steroid dienone is 1. The lowest BCUT2D eigenvalue weighted by Gasteiger charge is -2.28. The molecule has 1 amide bonds. The monoisotopic (exact) mass is 537 g/mol. The smallest absolute Gasteiger partial charge is 0.412 e. The normalized spacial score (nSPS) is 12.5. The maximum atomic E-state index is 13.0. The van der Waals surface area contributed by atoms with E-state index in [9.17, 15) is 9.59 Å². The van der Waals surface area contributed by atoms with Gasteiger partial charge in [0.15, 0.2) is 6.10 Å². The number of anilines is 1. The maximum absolute atomic E-state index is 13.0. The number of ether oxygens (including phenoxy) is 3. The number of amides is 1. The molecule has 0 unspecified atom stereocenters. The first-order valence-electron chi connectivity index (χ1n) is 12.0. The van der Waals surface area contributed by atoms with Gasteiger partial charge in [-0.1, -0.05) is 36.4 Å². The first-order chi connectivity index (χ1) is 18.5. The van der Waals surface area contributed by atoms with Crippen LogP contribution in [0.2, 0.25) is 0 Å². The van der Waals surface area contributed by atoms with Gasteiger partial charge >= 0.3 is 12.1 Å². The molecule has 0 aliphatic heterocycles. The predicted molar refractivity (Wildman–Crippen MR) is 147 cm³/mol. The van der Waals surface area contributed by atoms with Gasteiger partial charge in [-0.05, 0) is 73.2 Å². The molecule has 0 spiro atoms. The van der Waals surface area contributed by atoms with E-state index in [0.717, 1.165) is 11.0 Å². The average Bonchev–Trinajstić information content (AvgIpc) is 2.93. The summed E-state index contributed by atoms with van der Waals surface area (Å²) >= 11 is 1.60. The molecule has 0 heterocycles. The molecule has 0 fully saturated rings. The van der Waals surface area contributed by atoms with Crippen LogP contribution >= 0.6 is 11.8 Å². The van der Waals surface area contributed by atoms with Crippen molar-refractivity contribution in [1.82, 2.24) is 0 Å². The van der Waals surface area contributed by atoms with Gasteiger partial charge in [0.2, 0.25) is 0 Å². The summed E-state index contributed by atoms with van der Waals surface area (Å²) in [6.45, 7) is 0.0507.